The molecule has 1 atom stereocenters. The third-order valence-corrected chi connectivity index (χ3v) is 7.09. The summed E-state index contributed by atoms with van der Waals surface area (Å²) in [7, 11) is 0. The van der Waals surface area contributed by atoms with Gasteiger partial charge in [-0.3, -0.25) is 4.79 Å². The minimum atomic E-state index is -0.336. The molecule has 0 aliphatic heterocycles. The molecular weight excluding hydrogens is 392 g/mol. The van der Waals surface area contributed by atoms with Crippen molar-refractivity contribution < 1.29 is 9.53 Å². The van der Waals surface area contributed by atoms with Crippen LogP contribution in [0, 0.1) is 11.3 Å². The Balaban J connectivity index is 4.29. The van der Waals surface area contributed by atoms with Gasteiger partial charge >= 0.3 is 5.97 Å². The van der Waals surface area contributed by atoms with Crippen molar-refractivity contribution in [1.29, 1.82) is 0 Å². The van der Waals surface area contributed by atoms with Crippen LogP contribution in [0.25, 0.3) is 0 Å². The number of rotatable bonds is 24. The maximum absolute atomic E-state index is 12.8. The molecule has 0 saturated carbocycles. The molecule has 0 saturated heterocycles. The largest absolute Gasteiger partial charge is 0.465 e. The molecule has 0 radical (unpaired) electrons. The summed E-state index contributed by atoms with van der Waals surface area (Å²) in [4.78, 5) is 12.8. The molecule has 0 N–H and O–H groups in total. The van der Waals surface area contributed by atoms with Crippen molar-refractivity contribution in [2.24, 2.45) is 11.3 Å². The summed E-state index contributed by atoms with van der Waals surface area (Å²) in [5.74, 6) is 0.582. The highest BCUT2D eigenvalue weighted by Gasteiger charge is 2.29. The second-order valence-corrected chi connectivity index (χ2v) is 11.0. The van der Waals surface area contributed by atoms with Crippen molar-refractivity contribution in [3.8, 4) is 0 Å². The van der Waals surface area contributed by atoms with Crippen molar-refractivity contribution in [2.75, 3.05) is 6.61 Å². The molecule has 32 heavy (non-hydrogen) atoms. The van der Waals surface area contributed by atoms with E-state index in [0.717, 1.165) is 12.8 Å². The summed E-state index contributed by atoms with van der Waals surface area (Å²) in [6.45, 7) is 11.6. The molecule has 0 aromatic rings. The van der Waals surface area contributed by atoms with Gasteiger partial charge in [0.15, 0.2) is 0 Å². The zero-order valence-electron chi connectivity index (χ0n) is 23.0. The van der Waals surface area contributed by atoms with Crippen LogP contribution in [-0.2, 0) is 9.53 Å². The highest BCUT2D eigenvalue weighted by atomic mass is 16.5. The number of esters is 1. The van der Waals surface area contributed by atoms with E-state index in [0.29, 0.717) is 12.5 Å². The average molecular weight is 453 g/mol. The summed E-state index contributed by atoms with van der Waals surface area (Å²) in [5.41, 5.74) is -0.336. The lowest BCUT2D eigenvalue weighted by Gasteiger charge is -2.25. The molecule has 1 unspecified atom stereocenters. The van der Waals surface area contributed by atoms with Crippen LogP contribution < -0.4 is 0 Å². The Kier molecular flexibility index (Phi) is 21.9. The standard InChI is InChI=1S/C30H60O2/c1-6-9-12-15-17-18-20-22-25-28(24-21-19-16-13-10-7-2)27-32-29(31)30(4,5)26-23-14-11-8-3/h28H,6-27H2,1-5H3. The second kappa shape index (κ2) is 22.3. The van der Waals surface area contributed by atoms with Gasteiger partial charge in [-0.2, -0.15) is 0 Å². The molecule has 2 heteroatoms. The number of carbonyl (C=O) groups excluding carboxylic acids is 1. The van der Waals surface area contributed by atoms with Gasteiger partial charge in [-0.1, -0.05) is 136 Å². The first-order valence-electron chi connectivity index (χ1n) is 14.6. The summed E-state index contributed by atoms with van der Waals surface area (Å²) < 4.78 is 5.91. The van der Waals surface area contributed by atoms with Crippen LogP contribution in [-0.4, -0.2) is 12.6 Å². The molecule has 0 spiro atoms. The van der Waals surface area contributed by atoms with E-state index in [9.17, 15) is 4.79 Å². The first kappa shape index (κ1) is 31.5. The summed E-state index contributed by atoms with van der Waals surface area (Å²) >= 11 is 0. The van der Waals surface area contributed by atoms with Gasteiger partial charge < -0.3 is 4.74 Å². The Hall–Kier alpha value is -0.530. The fraction of sp³-hybridized carbons (Fsp3) is 0.967. The molecule has 0 bridgehead atoms. The topological polar surface area (TPSA) is 26.3 Å². The highest BCUT2D eigenvalue weighted by molar-refractivity contribution is 5.75. The van der Waals surface area contributed by atoms with Crippen molar-refractivity contribution in [2.45, 2.75) is 169 Å². The Morgan fingerprint density at radius 1 is 0.594 bits per heavy atom. The van der Waals surface area contributed by atoms with Crippen molar-refractivity contribution >= 4 is 5.97 Å². The Labute approximate surface area is 203 Å². The maximum atomic E-state index is 12.8. The first-order valence-corrected chi connectivity index (χ1v) is 14.6. The van der Waals surface area contributed by atoms with Crippen LogP contribution in [0.5, 0.6) is 0 Å². The van der Waals surface area contributed by atoms with Crippen LogP contribution in [0.3, 0.4) is 0 Å². The lowest BCUT2D eigenvalue weighted by atomic mass is 9.87. The molecule has 2 nitrogen and oxygen atoms in total. The van der Waals surface area contributed by atoms with Gasteiger partial charge in [0.25, 0.3) is 0 Å². The molecule has 0 amide bonds. The molecule has 0 heterocycles. The zero-order valence-corrected chi connectivity index (χ0v) is 23.0. The molecule has 0 aromatic heterocycles. The van der Waals surface area contributed by atoms with Crippen molar-refractivity contribution in [3.63, 3.8) is 0 Å². The van der Waals surface area contributed by atoms with E-state index in [1.165, 1.54) is 122 Å². The van der Waals surface area contributed by atoms with Gasteiger partial charge in [-0.05, 0) is 39.0 Å². The number of hydrogen-bond acceptors (Lipinski definition) is 2. The van der Waals surface area contributed by atoms with E-state index < -0.39 is 0 Å². The Bertz CT molecular complexity index is 402. The number of unbranched alkanes of at least 4 members (excludes halogenated alkanes) is 15. The van der Waals surface area contributed by atoms with Gasteiger partial charge in [0.1, 0.15) is 0 Å². The van der Waals surface area contributed by atoms with Gasteiger partial charge in [0.2, 0.25) is 0 Å². The molecule has 0 aliphatic rings. The van der Waals surface area contributed by atoms with E-state index >= 15 is 0 Å². The fourth-order valence-electron chi connectivity index (χ4n) is 4.58. The Morgan fingerprint density at radius 3 is 1.41 bits per heavy atom. The fourth-order valence-corrected chi connectivity index (χ4v) is 4.58. The van der Waals surface area contributed by atoms with Crippen LogP contribution >= 0.6 is 0 Å². The minimum absolute atomic E-state index is 0.0258. The maximum Gasteiger partial charge on any atom is 0.311 e. The Morgan fingerprint density at radius 2 is 0.969 bits per heavy atom. The van der Waals surface area contributed by atoms with Crippen LogP contribution in [0.2, 0.25) is 0 Å². The third kappa shape index (κ3) is 19.0. The molecule has 192 valence electrons. The van der Waals surface area contributed by atoms with Crippen LogP contribution in [0.1, 0.15) is 169 Å². The average Bonchev–Trinajstić information content (AvgIpc) is 2.78. The quantitative estimate of drug-likeness (QED) is 0.107. The predicted octanol–water partition coefficient (Wildman–Crippen LogP) is 10.4. The zero-order chi connectivity index (χ0) is 23.9. The van der Waals surface area contributed by atoms with Gasteiger partial charge in [0, 0.05) is 0 Å². The van der Waals surface area contributed by atoms with E-state index in [-0.39, 0.29) is 11.4 Å². The molecule has 0 fully saturated rings. The monoisotopic (exact) mass is 452 g/mol. The van der Waals surface area contributed by atoms with Gasteiger partial charge in [-0.25, -0.2) is 0 Å². The molecular formula is C30H60O2. The molecule has 0 aliphatic carbocycles. The lowest BCUT2D eigenvalue weighted by molar-refractivity contribution is -0.156. The van der Waals surface area contributed by atoms with E-state index in [1.54, 1.807) is 0 Å². The van der Waals surface area contributed by atoms with E-state index in [4.69, 9.17) is 4.74 Å². The summed E-state index contributed by atoms with van der Waals surface area (Å²) in [6, 6.07) is 0. The van der Waals surface area contributed by atoms with Gasteiger partial charge in [0.05, 0.1) is 12.0 Å². The van der Waals surface area contributed by atoms with Crippen molar-refractivity contribution in [3.05, 3.63) is 0 Å². The van der Waals surface area contributed by atoms with E-state index in [2.05, 4.69) is 34.6 Å². The molecule has 0 rings (SSSR count). The predicted molar refractivity (Wildman–Crippen MR) is 142 cm³/mol. The summed E-state index contributed by atoms with van der Waals surface area (Å²) in [5, 5.41) is 0. The van der Waals surface area contributed by atoms with E-state index in [1.807, 2.05) is 0 Å². The number of carbonyl (C=O) groups is 1. The molecule has 0 aromatic carbocycles. The first-order chi connectivity index (χ1) is 15.5. The minimum Gasteiger partial charge on any atom is -0.465 e. The number of hydrogen-bond donors (Lipinski definition) is 0. The normalized spacial score (nSPS) is 12.8. The second-order valence-electron chi connectivity index (χ2n) is 11.0. The number of ether oxygens (including phenoxy) is 1. The van der Waals surface area contributed by atoms with Crippen LogP contribution in [0.4, 0.5) is 0 Å². The van der Waals surface area contributed by atoms with Gasteiger partial charge in [-0.15, -0.1) is 0 Å². The van der Waals surface area contributed by atoms with Crippen molar-refractivity contribution in [1.82, 2.24) is 0 Å². The smallest absolute Gasteiger partial charge is 0.311 e. The third-order valence-electron chi connectivity index (χ3n) is 7.09. The summed E-state index contributed by atoms with van der Waals surface area (Å²) in [6.07, 6.45) is 27.3. The SMILES string of the molecule is CCCCCCCCCCC(CCCCCCCC)COC(=O)C(C)(C)CCCCCC. The van der Waals surface area contributed by atoms with Crippen LogP contribution in [0.15, 0.2) is 0 Å². The highest BCUT2D eigenvalue weighted by Crippen LogP contribution is 2.27. The lowest BCUT2D eigenvalue weighted by Crippen LogP contribution is -2.28.